The van der Waals surface area contributed by atoms with Gasteiger partial charge in [0.25, 0.3) is 0 Å². The van der Waals surface area contributed by atoms with Gasteiger partial charge in [0, 0.05) is 29.7 Å². The van der Waals surface area contributed by atoms with Gasteiger partial charge < -0.3 is 7.43 Å². The second kappa shape index (κ2) is 73.5. The third-order valence-electron chi connectivity index (χ3n) is 19.6. The second-order valence-corrected chi connectivity index (χ2v) is 37.9. The van der Waals surface area contributed by atoms with Crippen LogP contribution in [0.2, 0.25) is 0 Å². The Kier molecular flexibility index (Phi) is 79.5. The molecule has 0 unspecified atom stereocenters. The van der Waals surface area contributed by atoms with Crippen LogP contribution in [0.4, 0.5) is 0 Å². The van der Waals surface area contributed by atoms with Gasteiger partial charge in [-0.2, -0.15) is 0 Å². The topological polar surface area (TPSA) is 34.1 Å². The van der Waals surface area contributed by atoms with Crippen LogP contribution in [0.3, 0.4) is 0 Å². The molecule has 0 atom stereocenters. The molecule has 3 aromatic carbocycles. The molecule has 8 aliphatic carbocycles. The van der Waals surface area contributed by atoms with Gasteiger partial charge in [-0.1, -0.05) is 480 Å². The van der Waals surface area contributed by atoms with Crippen molar-refractivity contribution in [2.75, 3.05) is 9.36 Å². The van der Waals surface area contributed by atoms with E-state index < -0.39 is 0 Å². The fraction of sp³-hybridized carbons (Fsp3) is 0.750. The predicted molar refractivity (Wildman–Crippen MR) is 457 cm³/mol. The number of hydrogen-bond donors (Lipinski definition) is 0. The summed E-state index contributed by atoms with van der Waals surface area (Å²) in [5.74, 6) is 8.38. The Morgan fingerprint density at radius 1 is 0.370 bits per heavy atom. The van der Waals surface area contributed by atoms with Crippen LogP contribution in [0.5, 0.6) is 0 Å². The summed E-state index contributed by atoms with van der Waals surface area (Å²) in [5, 5.41) is 0. The first-order valence-electron chi connectivity index (χ1n) is 38.2. The number of rotatable bonds is 8. The average Bonchev–Trinajstić information content (AvgIpc) is 2.98. The van der Waals surface area contributed by atoms with Gasteiger partial charge in [0.2, 0.25) is 0 Å². The normalized spacial score (nSPS) is 18.7. The molecule has 0 heterocycles. The summed E-state index contributed by atoms with van der Waals surface area (Å²) >= 11 is 11.4. The summed E-state index contributed by atoms with van der Waals surface area (Å²) in [6.45, 7) is 22.3. The van der Waals surface area contributed by atoms with Crippen LogP contribution in [-0.2, 0) is 25.0 Å². The van der Waals surface area contributed by atoms with Crippen molar-refractivity contribution in [3.8, 4) is 0 Å². The van der Waals surface area contributed by atoms with Crippen molar-refractivity contribution in [3.63, 3.8) is 0 Å². The summed E-state index contributed by atoms with van der Waals surface area (Å²) in [4.78, 5) is 22.8. The summed E-state index contributed by atoms with van der Waals surface area (Å²) in [7, 11) is 0. The summed E-state index contributed by atoms with van der Waals surface area (Å²) in [6, 6.07) is 24.7. The Labute approximate surface area is 655 Å². The first kappa shape index (κ1) is 99.6. The van der Waals surface area contributed by atoms with Crippen LogP contribution >= 0.6 is 113 Å². The number of carbonyl (C=O) groups excluding carboxylic acids is 2. The van der Waals surface area contributed by atoms with Crippen LogP contribution in [-0.4, -0.2) is 21.9 Å². The maximum atomic E-state index is 10.6. The van der Waals surface area contributed by atoms with Crippen molar-refractivity contribution in [1.29, 1.82) is 0 Å². The minimum absolute atomic E-state index is 0. The smallest absolute Gasteiger partial charge is 0.150 e. The summed E-state index contributed by atoms with van der Waals surface area (Å²) < 4.78 is 1.96. The Balaban J connectivity index is -0.000000481. The summed E-state index contributed by atoms with van der Waals surface area (Å²) in [5.41, 5.74) is 7.12. The monoisotopic (exact) mass is 1870 g/mol. The number of aryl methyl sites for hydroxylation is 2. The number of carbonyl (C=O) groups is 2. The van der Waals surface area contributed by atoms with Gasteiger partial charge in [0.1, 0.15) is 12.5 Å². The van der Waals surface area contributed by atoms with Crippen molar-refractivity contribution < 1.29 is 28.1 Å². The molecule has 2 nitrogen and oxygen atoms in total. The minimum Gasteiger partial charge on any atom is -0.358 e. The van der Waals surface area contributed by atoms with E-state index in [2.05, 4.69) is 157 Å². The van der Waals surface area contributed by atoms with Gasteiger partial charge in [0.15, 0.2) is 0 Å². The molecule has 3 aromatic rings. The van der Waals surface area contributed by atoms with Gasteiger partial charge in [0.05, 0.1) is 0 Å². The van der Waals surface area contributed by atoms with Gasteiger partial charge >= 0.3 is 0 Å². The average molecular weight is 1870 g/mol. The SMILES string of the molecule is C1CCC(C2CCCCC2)CC1.C1CCC(C2CCCCC2)CC1.C1CCC(C2CCCCC2)CC1.CC.CC.CC.CC.CCI.CCc1cccc(C2CCCCC2)c1.CI.Cc1cccc(C=O)c1.IC(I)I.O=Cc1cccc(C2CCCCC2)c1.[CH3-].[V]. The number of aldehydes is 2. The van der Waals surface area contributed by atoms with Gasteiger partial charge in [-0.05, 0) is 125 Å². The van der Waals surface area contributed by atoms with Crippen LogP contribution in [0.25, 0.3) is 0 Å². The van der Waals surface area contributed by atoms with E-state index in [4.69, 9.17) is 0 Å². The van der Waals surface area contributed by atoms with Crippen molar-refractivity contribution in [2.45, 2.75) is 351 Å². The molecule has 1 radical (unpaired) electrons. The molecule has 92 heavy (non-hydrogen) atoms. The van der Waals surface area contributed by atoms with Gasteiger partial charge in [-0.3, -0.25) is 9.59 Å². The molecule has 8 saturated carbocycles. The molecule has 0 N–H and O–H groups in total. The Hall–Kier alpha value is 1.23. The maximum absolute atomic E-state index is 10.6. The third kappa shape index (κ3) is 50.5. The molecule has 8 heteroatoms. The molecule has 535 valence electrons. The van der Waals surface area contributed by atoms with Crippen molar-refractivity contribution in [1.82, 2.24) is 0 Å². The molecule has 11 rings (SSSR count). The molecule has 0 aliphatic heterocycles. The van der Waals surface area contributed by atoms with E-state index in [0.29, 0.717) is 5.92 Å². The molecule has 0 spiro atoms. The Bertz CT molecular complexity index is 1820. The van der Waals surface area contributed by atoms with E-state index in [0.717, 1.165) is 70.6 Å². The van der Waals surface area contributed by atoms with Gasteiger partial charge in [-0.25, -0.2) is 0 Å². The van der Waals surface area contributed by atoms with Crippen LogP contribution in [0.1, 0.15) is 381 Å². The van der Waals surface area contributed by atoms with Crippen molar-refractivity contribution in [2.24, 2.45) is 35.5 Å². The van der Waals surface area contributed by atoms with Crippen molar-refractivity contribution >= 4 is 126 Å². The van der Waals surface area contributed by atoms with Crippen LogP contribution in [0.15, 0.2) is 72.8 Å². The van der Waals surface area contributed by atoms with E-state index in [-0.39, 0.29) is 26.0 Å². The van der Waals surface area contributed by atoms with Crippen LogP contribution < -0.4 is 0 Å². The van der Waals surface area contributed by atoms with Gasteiger partial charge in [-0.15, -0.1) is 0 Å². The molecule has 0 bridgehead atoms. The molecule has 0 amide bonds. The van der Waals surface area contributed by atoms with E-state index >= 15 is 0 Å². The van der Waals surface area contributed by atoms with Crippen molar-refractivity contribution in [3.05, 3.63) is 114 Å². The fourth-order valence-electron chi connectivity index (χ4n) is 15.2. The molecule has 8 aliphatic rings. The number of hydrogen-bond acceptors (Lipinski definition) is 2. The quantitative estimate of drug-likeness (QED) is 0.0975. The standard InChI is InChI=1S/C14H20.C13H16O.3C12H22.C8H8O.C2H5I.4C2H6.CHI3.CH3I.CH3.V/c1-2-12-7-6-10-14(11-12)13-8-4-3-5-9-13;14-10-11-5-4-8-13(9-11)12-6-2-1-3-7-12;3*1-3-7-11(8-4-1)12-9-5-2-6-10-12;1-7-3-2-4-8(5-7)6-9;1-2-3;4*1-2;2-1(3)4;1-2;;/h6-7,10-11,13H,2-5,8-9H2,1H3;4-5,8-10,12H,1-3,6-7H2;3*11-12H,1-10H2;2-6H,1H3;2H2,1H3;4*1-2H3;1H;1H3;1H3;/q;;;;;;;;;;;;;-1;. The zero-order valence-electron chi connectivity index (χ0n) is 62.1. The number of halogens is 5. The maximum Gasteiger partial charge on any atom is 0.150 e. The molecule has 0 saturated heterocycles. The summed E-state index contributed by atoms with van der Waals surface area (Å²) in [6.07, 6.45) is 62.9. The Morgan fingerprint density at radius 3 is 0.815 bits per heavy atom. The molecular weight excluding hydrogens is 1730 g/mol. The fourth-order valence-corrected chi connectivity index (χ4v) is 15.2. The van der Waals surface area contributed by atoms with E-state index in [1.807, 2.05) is 104 Å². The Morgan fingerprint density at radius 2 is 0.587 bits per heavy atom. The largest absolute Gasteiger partial charge is 0.358 e. The van der Waals surface area contributed by atoms with E-state index in [1.54, 1.807) is 88.7 Å². The third-order valence-corrected chi connectivity index (χ3v) is 19.6. The number of benzene rings is 3. The van der Waals surface area contributed by atoms with Crippen LogP contribution in [0, 0.1) is 49.9 Å². The molecule has 8 fully saturated rings. The predicted octanol–water partition coefficient (Wildman–Crippen LogP) is 31.7. The number of alkyl halides is 5. The second-order valence-electron chi connectivity index (χ2n) is 25.5. The molecular formula is C84H146I5O2V-. The zero-order valence-corrected chi connectivity index (χ0v) is 74.3. The first-order chi connectivity index (χ1) is 44.2. The van der Waals surface area contributed by atoms with E-state index in [1.165, 1.54) is 202 Å². The zero-order chi connectivity index (χ0) is 67.3. The molecule has 0 aromatic heterocycles. The minimum atomic E-state index is 0. The van der Waals surface area contributed by atoms with E-state index in [9.17, 15) is 9.59 Å². The first-order valence-corrected chi connectivity index (χ1v) is 45.6.